The topological polar surface area (TPSA) is 44.9 Å². The quantitative estimate of drug-likeness (QED) is 0.450. The maximum absolute atomic E-state index is 10.2. The van der Waals surface area contributed by atoms with E-state index in [-0.39, 0.29) is 10.8 Å². The monoisotopic (exact) mass is 363 g/mol. The molecule has 3 aromatic rings. The molecule has 140 valence electrons. The van der Waals surface area contributed by atoms with Crippen molar-refractivity contribution in [2.45, 2.75) is 53.0 Å². The van der Waals surface area contributed by atoms with Crippen LogP contribution in [0.5, 0.6) is 0 Å². The average Bonchev–Trinajstić information content (AvgIpc) is 2.56. The summed E-state index contributed by atoms with van der Waals surface area (Å²) in [6.07, 6.45) is 2.15. The maximum Gasteiger partial charge on any atom is 0.260 e. The Hall–Kier alpha value is -2.07. The van der Waals surface area contributed by atoms with Crippen LogP contribution in [-0.4, -0.2) is 10.4 Å². The molecular weight excluding hydrogens is 334 g/mol. The molecule has 1 aliphatic carbocycles. The van der Waals surface area contributed by atoms with Crippen molar-refractivity contribution in [2.75, 3.05) is 0 Å². The van der Waals surface area contributed by atoms with Crippen molar-refractivity contribution in [2.24, 2.45) is 5.41 Å². The van der Waals surface area contributed by atoms with E-state index in [2.05, 4.69) is 84.0 Å². The Labute approximate surface area is 160 Å². The Bertz CT molecular complexity index is 1060. The van der Waals surface area contributed by atoms with Crippen LogP contribution in [0.1, 0.15) is 58.7 Å². The molecule has 3 N–H and O–H groups in total. The van der Waals surface area contributed by atoms with Crippen molar-refractivity contribution in [3.8, 4) is 0 Å². The normalized spacial score (nSPS) is 17.8. The standard InChI is InChI=1S/C24H28NO2/c1-23(2,3)17-11-14-7-8-16-13-19(24(4,5)6)22(25(26)27)18-10-9-15(12-17)20(14)21(16)18/h7-13,22,26-27H,1-6H3/q+1/p+1. The number of nitrogens with one attached hydrogen (secondary N) is 1. The van der Waals surface area contributed by atoms with Gasteiger partial charge in [-0.25, -0.2) is 0 Å². The van der Waals surface area contributed by atoms with Gasteiger partial charge in [0.05, 0.1) is 16.4 Å². The number of hydrogen-bond donors (Lipinski definition) is 3. The van der Waals surface area contributed by atoms with E-state index in [0.717, 1.165) is 22.1 Å². The molecule has 0 saturated heterocycles. The third-order valence-corrected chi connectivity index (χ3v) is 5.83. The summed E-state index contributed by atoms with van der Waals surface area (Å²) in [5.41, 5.74) is 2.22. The van der Waals surface area contributed by atoms with Gasteiger partial charge >= 0.3 is 0 Å². The Morgan fingerprint density at radius 2 is 1.44 bits per heavy atom. The summed E-state index contributed by atoms with van der Waals surface area (Å²) in [7, 11) is 0. The van der Waals surface area contributed by atoms with Crippen LogP contribution in [0, 0.1) is 11.3 Å². The van der Waals surface area contributed by atoms with Crippen molar-refractivity contribution >= 4 is 27.6 Å². The van der Waals surface area contributed by atoms with Crippen LogP contribution >= 0.6 is 0 Å². The van der Waals surface area contributed by atoms with E-state index in [4.69, 9.17) is 0 Å². The van der Waals surface area contributed by atoms with Gasteiger partial charge in [-0.3, -0.25) is 0 Å². The molecular formula is C24H29NO2+2. The van der Waals surface area contributed by atoms with Crippen molar-refractivity contribution in [1.82, 2.24) is 0 Å². The molecule has 0 heterocycles. The Morgan fingerprint density at radius 1 is 0.852 bits per heavy atom. The zero-order valence-corrected chi connectivity index (χ0v) is 17.0. The first-order valence-corrected chi connectivity index (χ1v) is 9.62. The van der Waals surface area contributed by atoms with E-state index in [1.54, 1.807) is 0 Å². The van der Waals surface area contributed by atoms with Crippen LogP contribution in [0.4, 0.5) is 0 Å². The van der Waals surface area contributed by atoms with Gasteiger partial charge in [0, 0.05) is 11.5 Å². The predicted molar refractivity (Wildman–Crippen MR) is 110 cm³/mol. The molecule has 0 saturated carbocycles. The van der Waals surface area contributed by atoms with E-state index < -0.39 is 11.3 Å². The summed E-state index contributed by atoms with van der Waals surface area (Å²) in [6.45, 7) is 13.1. The molecule has 3 heteroatoms. The van der Waals surface area contributed by atoms with Crippen LogP contribution in [0.15, 0.2) is 36.4 Å². The molecule has 0 aliphatic heterocycles. The smallest absolute Gasteiger partial charge is 0.182 e. The highest BCUT2D eigenvalue weighted by Gasteiger charge is 2.48. The number of rotatable bonds is 1. The molecule has 1 atom stereocenters. The van der Waals surface area contributed by atoms with Crippen LogP contribution < -0.4 is 10.4 Å². The van der Waals surface area contributed by atoms with Crippen molar-refractivity contribution in [1.29, 1.82) is 0 Å². The van der Waals surface area contributed by atoms with Gasteiger partial charge in [-0.05, 0) is 59.9 Å². The molecule has 0 amide bonds. The van der Waals surface area contributed by atoms with Crippen molar-refractivity contribution in [3.05, 3.63) is 58.7 Å². The predicted octanol–water partition coefficient (Wildman–Crippen LogP) is 4.13. The highest BCUT2D eigenvalue weighted by atomic mass is 16.8. The molecule has 0 radical (unpaired) electrons. The Morgan fingerprint density at radius 3 is 1.96 bits per heavy atom. The Kier molecular flexibility index (Phi) is 3.87. The van der Waals surface area contributed by atoms with Gasteiger partial charge in [-0.2, -0.15) is 10.4 Å². The Balaban J connectivity index is 2.11. The second-order valence-corrected chi connectivity index (χ2v) is 9.87. The lowest BCUT2D eigenvalue weighted by Gasteiger charge is -2.30. The summed E-state index contributed by atoms with van der Waals surface area (Å²) >= 11 is 0. The van der Waals surface area contributed by atoms with E-state index in [1.165, 1.54) is 21.7 Å². The third kappa shape index (κ3) is 2.82. The highest BCUT2D eigenvalue weighted by molar-refractivity contribution is 6.12. The minimum absolute atomic E-state index is 0.0808. The molecule has 0 fully saturated rings. The zero-order chi connectivity index (χ0) is 19.7. The van der Waals surface area contributed by atoms with E-state index in [1.807, 2.05) is 0 Å². The van der Waals surface area contributed by atoms with Crippen LogP contribution in [0.25, 0.3) is 27.6 Å². The molecule has 0 bridgehead atoms. The molecule has 3 aromatic carbocycles. The fourth-order valence-corrected chi connectivity index (χ4v) is 4.36. The summed E-state index contributed by atoms with van der Waals surface area (Å²) in [6, 6.07) is 12.6. The van der Waals surface area contributed by atoms with Gasteiger partial charge in [0.25, 0.3) is 6.04 Å². The highest BCUT2D eigenvalue weighted by Crippen LogP contribution is 2.43. The molecule has 4 rings (SSSR count). The lowest BCUT2D eigenvalue weighted by Crippen LogP contribution is -3.08. The van der Waals surface area contributed by atoms with E-state index >= 15 is 0 Å². The molecule has 0 spiro atoms. The first-order valence-electron chi connectivity index (χ1n) is 9.62. The van der Waals surface area contributed by atoms with Gasteiger partial charge < -0.3 is 0 Å². The largest absolute Gasteiger partial charge is 0.260 e. The summed E-state index contributed by atoms with van der Waals surface area (Å²) in [4.78, 5) is 0. The maximum atomic E-state index is 10.2. The molecule has 0 aromatic heterocycles. The zero-order valence-electron chi connectivity index (χ0n) is 17.0. The molecule has 3 nitrogen and oxygen atoms in total. The third-order valence-electron chi connectivity index (χ3n) is 5.83. The SMILES string of the molecule is CC(C)(C)c1cc2ccc3c4c(ccc(c1)c24)=C[C+](C(C)(C)C)C3[NH+](O)O. The van der Waals surface area contributed by atoms with Crippen LogP contribution in [-0.2, 0) is 5.41 Å². The number of hydrogen-bond acceptors (Lipinski definition) is 2. The fourth-order valence-electron chi connectivity index (χ4n) is 4.36. The summed E-state index contributed by atoms with van der Waals surface area (Å²) in [5.74, 6) is 1.03. The minimum atomic E-state index is -0.520. The number of benzene rings is 3. The molecule has 1 aliphatic rings. The second-order valence-electron chi connectivity index (χ2n) is 9.87. The molecule has 27 heavy (non-hydrogen) atoms. The van der Waals surface area contributed by atoms with Crippen LogP contribution in [0.2, 0.25) is 0 Å². The van der Waals surface area contributed by atoms with Crippen molar-refractivity contribution in [3.63, 3.8) is 0 Å². The van der Waals surface area contributed by atoms with Gasteiger partial charge in [0.15, 0.2) is 0 Å². The van der Waals surface area contributed by atoms with Crippen molar-refractivity contribution < 1.29 is 15.6 Å². The minimum Gasteiger partial charge on any atom is -0.182 e. The number of quaternary nitrogens is 1. The number of hydroxylamine groups is 2. The first-order chi connectivity index (χ1) is 12.5. The second kappa shape index (κ2) is 5.71. The van der Waals surface area contributed by atoms with Gasteiger partial charge in [0.2, 0.25) is 0 Å². The summed E-state index contributed by atoms with van der Waals surface area (Å²) < 4.78 is 0. The van der Waals surface area contributed by atoms with Crippen LogP contribution in [0.3, 0.4) is 0 Å². The summed E-state index contributed by atoms with van der Waals surface area (Å²) in [5, 5.41) is 25.7. The average molecular weight is 364 g/mol. The van der Waals surface area contributed by atoms with Gasteiger partial charge in [-0.15, -0.1) is 0 Å². The van der Waals surface area contributed by atoms with Gasteiger partial charge in [0.1, 0.15) is 17.2 Å². The van der Waals surface area contributed by atoms with Gasteiger partial charge in [-0.1, -0.05) is 39.0 Å². The fraction of sp³-hybridized carbons (Fsp3) is 0.375. The molecule has 1 unspecified atom stereocenters. The van der Waals surface area contributed by atoms with E-state index in [9.17, 15) is 10.4 Å². The lowest BCUT2D eigenvalue weighted by atomic mass is 9.70. The first kappa shape index (κ1) is 18.3. The van der Waals surface area contributed by atoms with E-state index in [0.29, 0.717) is 0 Å². The lowest BCUT2D eigenvalue weighted by molar-refractivity contribution is -1.26.